The molecule has 4 nitrogen and oxygen atoms in total. The smallest absolute Gasteiger partial charge is 0.265 e. The topological polar surface area (TPSA) is 46.6 Å². The number of rotatable bonds is 3. The largest absolute Gasteiger partial charge is 0.340 e. The molecule has 0 aliphatic carbocycles. The van der Waals surface area contributed by atoms with Gasteiger partial charge in [-0.2, -0.15) is 0 Å². The molecular formula is C30H18BrNO3. The van der Waals surface area contributed by atoms with Crippen molar-refractivity contribution in [1.82, 2.24) is 0 Å². The maximum absolute atomic E-state index is 14.2. The molecule has 0 saturated heterocycles. The zero-order valence-electron chi connectivity index (χ0n) is 18.4. The van der Waals surface area contributed by atoms with Crippen molar-refractivity contribution in [3.63, 3.8) is 0 Å². The summed E-state index contributed by atoms with van der Waals surface area (Å²) in [4.78, 5) is 29.7. The Balaban J connectivity index is 1.57. The van der Waals surface area contributed by atoms with E-state index >= 15 is 0 Å². The third-order valence-corrected chi connectivity index (χ3v) is 7.75. The van der Waals surface area contributed by atoms with Gasteiger partial charge in [0.25, 0.3) is 11.8 Å². The van der Waals surface area contributed by atoms with Gasteiger partial charge in [-0.15, -0.1) is 0 Å². The second-order valence-electron chi connectivity index (χ2n) is 8.91. The van der Waals surface area contributed by atoms with Crippen LogP contribution in [0.4, 0.5) is 5.69 Å². The number of hydrogen-bond acceptors (Lipinski definition) is 3. The van der Waals surface area contributed by atoms with E-state index in [-0.39, 0.29) is 11.8 Å². The SMILES string of the molecule is O=C1C2=C(C(=O)N1c1ccc(Br)cc1)C1(c3ccccc3)OC2(c2ccccc2)c2ccccc21. The first-order valence-electron chi connectivity index (χ1n) is 11.4. The molecule has 0 N–H and O–H groups in total. The Kier molecular flexibility index (Phi) is 4.17. The zero-order valence-corrected chi connectivity index (χ0v) is 20.0. The maximum Gasteiger partial charge on any atom is 0.265 e. The van der Waals surface area contributed by atoms with Crippen molar-refractivity contribution in [2.45, 2.75) is 11.2 Å². The Hall–Kier alpha value is -3.80. The van der Waals surface area contributed by atoms with Gasteiger partial charge in [-0.1, -0.05) is 101 Å². The van der Waals surface area contributed by atoms with Crippen LogP contribution >= 0.6 is 15.9 Å². The highest BCUT2D eigenvalue weighted by molar-refractivity contribution is 9.10. The molecule has 7 rings (SSSR count). The van der Waals surface area contributed by atoms with Gasteiger partial charge in [-0.25, -0.2) is 4.90 Å². The molecule has 3 aliphatic rings. The lowest BCUT2D eigenvalue weighted by Crippen LogP contribution is -2.41. The van der Waals surface area contributed by atoms with E-state index in [1.807, 2.05) is 97.1 Å². The number of imide groups is 1. The number of carbonyl (C=O) groups excluding carboxylic acids is 2. The third-order valence-electron chi connectivity index (χ3n) is 7.23. The summed E-state index contributed by atoms with van der Waals surface area (Å²) >= 11 is 3.44. The average Bonchev–Trinajstić information content (AvgIpc) is 3.50. The Bertz CT molecular complexity index is 1470. The van der Waals surface area contributed by atoms with Crippen molar-refractivity contribution in [3.8, 4) is 0 Å². The molecule has 0 saturated carbocycles. The highest BCUT2D eigenvalue weighted by Crippen LogP contribution is 2.67. The molecule has 35 heavy (non-hydrogen) atoms. The van der Waals surface area contributed by atoms with Crippen LogP contribution in [-0.4, -0.2) is 11.8 Å². The monoisotopic (exact) mass is 519 g/mol. The number of ether oxygens (including phenoxy) is 1. The maximum atomic E-state index is 14.2. The fourth-order valence-corrected chi connectivity index (χ4v) is 6.14. The van der Waals surface area contributed by atoms with Gasteiger partial charge in [0.05, 0.1) is 16.8 Å². The number of hydrogen-bond donors (Lipinski definition) is 0. The zero-order chi connectivity index (χ0) is 23.8. The number of amides is 2. The Morgan fingerprint density at radius 2 is 1.00 bits per heavy atom. The van der Waals surface area contributed by atoms with Crippen LogP contribution in [0, 0.1) is 0 Å². The van der Waals surface area contributed by atoms with E-state index in [0.29, 0.717) is 16.8 Å². The minimum absolute atomic E-state index is 0.344. The lowest BCUT2D eigenvalue weighted by molar-refractivity contribution is -0.125. The minimum Gasteiger partial charge on any atom is -0.340 e. The van der Waals surface area contributed by atoms with Crippen LogP contribution in [0.15, 0.2) is 125 Å². The number of fused-ring (bicyclic) bond motifs is 7. The number of carbonyl (C=O) groups is 2. The van der Waals surface area contributed by atoms with E-state index in [4.69, 9.17) is 4.74 Å². The molecule has 0 radical (unpaired) electrons. The predicted octanol–water partition coefficient (Wildman–Crippen LogP) is 5.85. The van der Waals surface area contributed by atoms with Crippen molar-refractivity contribution in [2.24, 2.45) is 0 Å². The molecule has 3 aliphatic heterocycles. The van der Waals surface area contributed by atoms with Gasteiger partial charge in [-0.3, -0.25) is 9.59 Å². The van der Waals surface area contributed by atoms with E-state index < -0.39 is 11.2 Å². The molecule has 5 heteroatoms. The number of anilines is 1. The van der Waals surface area contributed by atoms with Crippen molar-refractivity contribution in [2.75, 3.05) is 4.90 Å². The molecule has 2 bridgehead atoms. The van der Waals surface area contributed by atoms with Gasteiger partial charge in [-0.05, 0) is 46.5 Å². The Labute approximate surface area is 210 Å². The highest BCUT2D eigenvalue weighted by atomic mass is 79.9. The summed E-state index contributed by atoms with van der Waals surface area (Å²) in [5.74, 6) is -0.688. The summed E-state index contributed by atoms with van der Waals surface area (Å²) in [5.41, 5.74) is 2.42. The summed E-state index contributed by atoms with van der Waals surface area (Å²) in [7, 11) is 0. The van der Waals surface area contributed by atoms with Crippen LogP contribution in [0.1, 0.15) is 22.3 Å². The predicted molar refractivity (Wildman–Crippen MR) is 136 cm³/mol. The van der Waals surface area contributed by atoms with Gasteiger partial charge < -0.3 is 4.74 Å². The van der Waals surface area contributed by atoms with Gasteiger partial charge >= 0.3 is 0 Å². The second kappa shape index (κ2) is 7.11. The normalized spacial score (nSPS) is 24.2. The molecule has 0 aromatic heterocycles. The van der Waals surface area contributed by atoms with Crippen LogP contribution in [-0.2, 0) is 25.5 Å². The van der Waals surface area contributed by atoms with Gasteiger partial charge in [0.15, 0.2) is 11.2 Å². The van der Waals surface area contributed by atoms with Crippen LogP contribution in [0.5, 0.6) is 0 Å². The molecule has 168 valence electrons. The summed E-state index contributed by atoms with van der Waals surface area (Å²) < 4.78 is 7.92. The van der Waals surface area contributed by atoms with E-state index in [2.05, 4.69) is 15.9 Å². The fraction of sp³-hybridized carbons (Fsp3) is 0.0667. The molecule has 2 atom stereocenters. The second-order valence-corrected chi connectivity index (χ2v) is 9.83. The van der Waals surface area contributed by atoms with E-state index in [0.717, 1.165) is 26.7 Å². The molecule has 0 spiro atoms. The summed E-state index contributed by atoms with van der Waals surface area (Å²) in [6.07, 6.45) is 0. The Morgan fingerprint density at radius 1 is 0.571 bits per heavy atom. The summed E-state index contributed by atoms with van der Waals surface area (Å²) in [6, 6.07) is 34.6. The van der Waals surface area contributed by atoms with E-state index in [1.165, 1.54) is 4.90 Å². The van der Waals surface area contributed by atoms with Crippen LogP contribution in [0.25, 0.3) is 0 Å². The summed E-state index contributed by atoms with van der Waals surface area (Å²) in [6.45, 7) is 0. The molecule has 2 amide bonds. The number of halogens is 1. The first-order valence-corrected chi connectivity index (χ1v) is 12.2. The molecule has 2 unspecified atom stereocenters. The molecule has 3 heterocycles. The number of nitrogens with zero attached hydrogens (tertiary/aromatic N) is 1. The summed E-state index contributed by atoms with van der Waals surface area (Å²) in [5, 5.41) is 0. The van der Waals surface area contributed by atoms with Crippen molar-refractivity contribution in [3.05, 3.63) is 147 Å². The first-order chi connectivity index (χ1) is 17.1. The lowest BCUT2D eigenvalue weighted by atomic mass is 9.69. The van der Waals surface area contributed by atoms with Crippen LogP contribution < -0.4 is 4.90 Å². The molecular weight excluding hydrogens is 502 g/mol. The lowest BCUT2D eigenvalue weighted by Gasteiger charge is -2.32. The van der Waals surface area contributed by atoms with E-state index in [1.54, 1.807) is 12.1 Å². The van der Waals surface area contributed by atoms with Gasteiger partial charge in [0.2, 0.25) is 0 Å². The minimum atomic E-state index is -1.18. The van der Waals surface area contributed by atoms with E-state index in [9.17, 15) is 9.59 Å². The number of benzene rings is 4. The Morgan fingerprint density at radius 3 is 1.46 bits per heavy atom. The van der Waals surface area contributed by atoms with Crippen LogP contribution in [0.2, 0.25) is 0 Å². The molecule has 4 aromatic carbocycles. The quantitative estimate of drug-likeness (QED) is 0.319. The average molecular weight is 520 g/mol. The first kappa shape index (κ1) is 20.6. The van der Waals surface area contributed by atoms with Gasteiger partial charge in [0.1, 0.15) is 0 Å². The third kappa shape index (κ3) is 2.44. The van der Waals surface area contributed by atoms with Crippen molar-refractivity contribution < 1.29 is 14.3 Å². The fourth-order valence-electron chi connectivity index (χ4n) is 5.88. The van der Waals surface area contributed by atoms with Crippen LogP contribution in [0.3, 0.4) is 0 Å². The highest BCUT2D eigenvalue weighted by Gasteiger charge is 2.71. The van der Waals surface area contributed by atoms with Gasteiger partial charge in [0, 0.05) is 4.47 Å². The molecule has 0 fully saturated rings. The standard InChI is InChI=1S/C30H18BrNO3/c31-21-15-17-22(18-16-21)32-27(33)25-26(28(32)34)30(20-11-5-2-6-12-20)24-14-8-7-13-23(24)29(25,35-30)19-9-3-1-4-10-19/h1-18H. The van der Waals surface area contributed by atoms with Crippen molar-refractivity contribution >= 4 is 33.4 Å². The van der Waals surface area contributed by atoms with Crippen molar-refractivity contribution in [1.29, 1.82) is 0 Å². The molecule has 4 aromatic rings.